The summed E-state index contributed by atoms with van der Waals surface area (Å²) in [5.74, 6) is -1.30. The van der Waals surface area contributed by atoms with E-state index in [2.05, 4.69) is 5.32 Å². The Bertz CT molecular complexity index is 1350. The number of nitrogens with zero attached hydrogens (tertiary/aromatic N) is 3. The molecule has 1 aliphatic rings. The Hall–Kier alpha value is -3.76. The summed E-state index contributed by atoms with van der Waals surface area (Å²) in [4.78, 5) is 38.3. The van der Waals surface area contributed by atoms with Gasteiger partial charge >= 0.3 is 5.69 Å². The third-order valence-corrected chi connectivity index (χ3v) is 5.55. The number of methoxy groups -OCH3 is 1. The molecule has 0 unspecified atom stereocenters. The Balaban J connectivity index is 1.90. The van der Waals surface area contributed by atoms with Gasteiger partial charge in [-0.3, -0.25) is 29.9 Å². The first kappa shape index (κ1) is 21.5. The maximum Gasteiger partial charge on any atom is 0.320 e. The van der Waals surface area contributed by atoms with Crippen LogP contribution in [0.2, 0.25) is 5.02 Å². The average molecular weight is 471 g/mol. The molecule has 4 rings (SSSR count). The number of fused-ring (bicyclic) bond motifs is 1. The molecule has 2 amide bonds. The van der Waals surface area contributed by atoms with E-state index in [1.807, 2.05) is 0 Å². The van der Waals surface area contributed by atoms with E-state index in [0.717, 1.165) is 0 Å². The summed E-state index contributed by atoms with van der Waals surface area (Å²) < 4.78 is 6.82. The number of nitro benzene ring substituents is 1. The number of aromatic nitrogens is 1. The van der Waals surface area contributed by atoms with E-state index in [-0.39, 0.29) is 27.5 Å². The molecule has 0 radical (unpaired) electrons. The van der Waals surface area contributed by atoms with Crippen LogP contribution in [-0.4, -0.2) is 33.5 Å². The van der Waals surface area contributed by atoms with Crippen molar-refractivity contribution in [3.63, 3.8) is 0 Å². The van der Waals surface area contributed by atoms with Crippen LogP contribution < -0.4 is 15.0 Å². The summed E-state index contributed by atoms with van der Waals surface area (Å²) in [5.41, 5.74) is 0.791. The largest absolute Gasteiger partial charge is 0.490 e. The van der Waals surface area contributed by atoms with Gasteiger partial charge < -0.3 is 9.30 Å². The van der Waals surface area contributed by atoms with E-state index in [4.69, 9.17) is 28.6 Å². The number of ether oxygens (including phenoxy) is 1. The Labute approximate surface area is 192 Å². The highest BCUT2D eigenvalue weighted by molar-refractivity contribution is 7.80. The normalized spacial score (nSPS) is 15.4. The predicted octanol–water partition coefficient (Wildman–Crippen LogP) is 3.58. The van der Waals surface area contributed by atoms with E-state index in [9.17, 15) is 19.7 Å². The van der Waals surface area contributed by atoms with Crippen LogP contribution in [0.4, 0.5) is 11.4 Å². The predicted molar refractivity (Wildman–Crippen MR) is 124 cm³/mol. The van der Waals surface area contributed by atoms with Gasteiger partial charge in [0.2, 0.25) is 0 Å². The van der Waals surface area contributed by atoms with Gasteiger partial charge in [-0.15, -0.1) is 0 Å². The van der Waals surface area contributed by atoms with Crippen molar-refractivity contribution in [3.05, 3.63) is 68.9 Å². The highest BCUT2D eigenvalue weighted by atomic mass is 35.5. The van der Waals surface area contributed by atoms with Crippen molar-refractivity contribution in [2.45, 2.75) is 0 Å². The first-order valence-corrected chi connectivity index (χ1v) is 9.99. The minimum atomic E-state index is -0.701. The van der Waals surface area contributed by atoms with Crippen LogP contribution in [-0.2, 0) is 16.6 Å². The van der Waals surface area contributed by atoms with Gasteiger partial charge in [0.25, 0.3) is 11.8 Å². The summed E-state index contributed by atoms with van der Waals surface area (Å²) in [7, 11) is 3.04. The van der Waals surface area contributed by atoms with E-state index >= 15 is 0 Å². The first-order chi connectivity index (χ1) is 15.2. The fourth-order valence-corrected chi connectivity index (χ4v) is 3.98. The molecule has 1 saturated heterocycles. The van der Waals surface area contributed by atoms with Crippen LogP contribution in [0.25, 0.3) is 17.0 Å². The van der Waals surface area contributed by atoms with Crippen molar-refractivity contribution in [3.8, 4) is 5.75 Å². The van der Waals surface area contributed by atoms with Gasteiger partial charge in [-0.25, -0.2) is 0 Å². The van der Waals surface area contributed by atoms with Crippen molar-refractivity contribution < 1.29 is 19.2 Å². The van der Waals surface area contributed by atoms with E-state index in [1.54, 1.807) is 48.1 Å². The molecular formula is C21H15ClN4O5S. The molecule has 162 valence electrons. The summed E-state index contributed by atoms with van der Waals surface area (Å²) in [6, 6.07) is 9.53. The van der Waals surface area contributed by atoms with Crippen molar-refractivity contribution in [1.82, 2.24) is 9.88 Å². The van der Waals surface area contributed by atoms with Gasteiger partial charge in [0.05, 0.1) is 28.6 Å². The molecule has 2 aromatic carbocycles. The van der Waals surface area contributed by atoms with Crippen molar-refractivity contribution in [2.75, 3.05) is 12.0 Å². The van der Waals surface area contributed by atoms with Crippen LogP contribution in [0, 0.1) is 10.1 Å². The number of rotatable bonds is 4. The van der Waals surface area contributed by atoms with Gasteiger partial charge in [0, 0.05) is 23.8 Å². The van der Waals surface area contributed by atoms with Gasteiger partial charge in [-0.2, -0.15) is 0 Å². The van der Waals surface area contributed by atoms with Gasteiger partial charge in [-0.05, 0) is 54.7 Å². The lowest BCUT2D eigenvalue weighted by Crippen LogP contribution is -2.54. The second kappa shape index (κ2) is 8.06. The van der Waals surface area contributed by atoms with Crippen molar-refractivity contribution in [1.29, 1.82) is 0 Å². The minimum absolute atomic E-state index is 0.0664. The molecular weight excluding hydrogens is 456 g/mol. The number of nitrogens with one attached hydrogen (secondary N) is 1. The Kier molecular flexibility index (Phi) is 5.41. The molecule has 1 aromatic heterocycles. The fourth-order valence-electron chi connectivity index (χ4n) is 3.58. The lowest BCUT2D eigenvalue weighted by molar-refractivity contribution is -0.383. The zero-order valence-electron chi connectivity index (χ0n) is 16.8. The van der Waals surface area contributed by atoms with Crippen LogP contribution in [0.3, 0.4) is 0 Å². The summed E-state index contributed by atoms with van der Waals surface area (Å²) >= 11 is 11.1. The van der Waals surface area contributed by atoms with Gasteiger partial charge in [-0.1, -0.05) is 11.6 Å². The fraction of sp³-hybridized carbons (Fsp3) is 0.0952. The molecule has 0 atom stereocenters. The van der Waals surface area contributed by atoms with Gasteiger partial charge in [0.15, 0.2) is 10.9 Å². The second-order valence-corrected chi connectivity index (χ2v) is 7.72. The average Bonchev–Trinajstić information content (AvgIpc) is 3.06. The van der Waals surface area contributed by atoms with Crippen molar-refractivity contribution in [2.24, 2.45) is 7.05 Å². The standard InChI is InChI=1S/C21H15ClN4O5S/c1-24-10-11(17-15(24)7-8-16(31-2)18(17)26(29)30)9-14-19(27)23-21(32)25(20(14)28)13-5-3-12(22)4-6-13/h3-10H,1-2H3,(H,23,27,32)/b14-9+. The number of carbonyl (C=O) groups excluding carboxylic acids is 2. The Morgan fingerprint density at radius 2 is 1.88 bits per heavy atom. The monoisotopic (exact) mass is 470 g/mol. The van der Waals surface area contributed by atoms with E-state index in [1.165, 1.54) is 24.2 Å². The number of nitro groups is 1. The zero-order valence-corrected chi connectivity index (χ0v) is 18.4. The number of anilines is 1. The van der Waals surface area contributed by atoms with Crippen LogP contribution >= 0.6 is 23.8 Å². The first-order valence-electron chi connectivity index (χ1n) is 9.20. The minimum Gasteiger partial charge on any atom is -0.490 e. The molecule has 11 heteroatoms. The van der Waals surface area contributed by atoms with E-state index in [0.29, 0.717) is 21.8 Å². The third kappa shape index (κ3) is 3.49. The van der Waals surface area contributed by atoms with Crippen LogP contribution in [0.5, 0.6) is 5.75 Å². The molecule has 1 fully saturated rings. The number of hydrogen-bond donors (Lipinski definition) is 1. The Morgan fingerprint density at radius 1 is 1.19 bits per heavy atom. The summed E-state index contributed by atoms with van der Waals surface area (Å²) in [6.07, 6.45) is 2.92. The van der Waals surface area contributed by atoms with Crippen LogP contribution in [0.1, 0.15) is 5.56 Å². The molecule has 32 heavy (non-hydrogen) atoms. The molecule has 9 nitrogen and oxygen atoms in total. The van der Waals surface area contributed by atoms with Crippen LogP contribution in [0.15, 0.2) is 48.2 Å². The lowest BCUT2D eigenvalue weighted by Gasteiger charge is -2.28. The second-order valence-electron chi connectivity index (χ2n) is 6.90. The van der Waals surface area contributed by atoms with Gasteiger partial charge in [0.1, 0.15) is 5.57 Å². The third-order valence-electron chi connectivity index (χ3n) is 5.01. The highest BCUT2D eigenvalue weighted by Gasteiger charge is 2.35. The zero-order chi connectivity index (χ0) is 23.2. The number of benzene rings is 2. The molecule has 2 heterocycles. The van der Waals surface area contributed by atoms with E-state index < -0.39 is 16.7 Å². The topological polar surface area (TPSA) is 107 Å². The summed E-state index contributed by atoms with van der Waals surface area (Å²) in [5, 5.41) is 14.9. The molecule has 3 aromatic rings. The Morgan fingerprint density at radius 3 is 2.50 bits per heavy atom. The number of amides is 2. The molecule has 0 bridgehead atoms. The van der Waals surface area contributed by atoms with Crippen molar-refractivity contribution >= 4 is 69.1 Å². The highest BCUT2D eigenvalue weighted by Crippen LogP contribution is 2.39. The quantitative estimate of drug-likeness (QED) is 0.205. The smallest absolute Gasteiger partial charge is 0.320 e. The lowest BCUT2D eigenvalue weighted by atomic mass is 10.0. The number of aryl methyl sites for hydroxylation is 1. The maximum atomic E-state index is 13.2. The SMILES string of the molecule is COc1ccc2c(c(/C=C3\C(=O)NC(=S)N(c4ccc(Cl)cc4)C3=O)cn2C)c1[N+](=O)[O-]. The molecule has 0 spiro atoms. The summed E-state index contributed by atoms with van der Waals surface area (Å²) in [6.45, 7) is 0. The molecule has 0 aliphatic carbocycles. The number of hydrogen-bond acceptors (Lipinski definition) is 6. The maximum absolute atomic E-state index is 13.2. The number of thiocarbonyl (C=S) groups is 1. The molecule has 1 N–H and O–H groups in total. The molecule has 0 saturated carbocycles. The molecule has 1 aliphatic heterocycles. The number of carbonyl (C=O) groups is 2. The number of halogens is 1.